The van der Waals surface area contributed by atoms with E-state index >= 15 is 0 Å². The SMILES string of the molecule is Cc1ccc(N2CCN(CCCOCc3ccccc3)CC2=O)cc1. The molecule has 0 spiro atoms. The number of benzene rings is 2. The van der Waals surface area contributed by atoms with Gasteiger partial charge in [-0.1, -0.05) is 48.0 Å². The number of carbonyl (C=O) groups is 1. The van der Waals surface area contributed by atoms with Crippen LogP contribution in [0.4, 0.5) is 5.69 Å². The molecular formula is C21H26N2O2. The molecule has 2 aromatic carbocycles. The predicted molar refractivity (Wildman–Crippen MR) is 101 cm³/mol. The largest absolute Gasteiger partial charge is 0.377 e. The van der Waals surface area contributed by atoms with Gasteiger partial charge in [-0.05, 0) is 31.0 Å². The van der Waals surface area contributed by atoms with Crippen molar-refractivity contribution < 1.29 is 9.53 Å². The molecule has 0 aliphatic carbocycles. The van der Waals surface area contributed by atoms with Crippen LogP contribution in [0.2, 0.25) is 0 Å². The Labute approximate surface area is 150 Å². The maximum atomic E-state index is 12.4. The summed E-state index contributed by atoms with van der Waals surface area (Å²) in [6.07, 6.45) is 0.949. The maximum absolute atomic E-state index is 12.4. The van der Waals surface area contributed by atoms with Crippen molar-refractivity contribution in [2.75, 3.05) is 37.7 Å². The zero-order valence-electron chi connectivity index (χ0n) is 14.9. The van der Waals surface area contributed by atoms with Crippen molar-refractivity contribution in [1.82, 2.24) is 4.90 Å². The highest BCUT2D eigenvalue weighted by Gasteiger charge is 2.24. The number of anilines is 1. The molecule has 0 radical (unpaired) electrons. The summed E-state index contributed by atoms with van der Waals surface area (Å²) < 4.78 is 5.72. The Morgan fingerprint density at radius 2 is 1.76 bits per heavy atom. The van der Waals surface area contributed by atoms with Gasteiger partial charge in [-0.15, -0.1) is 0 Å². The van der Waals surface area contributed by atoms with Crippen molar-refractivity contribution in [3.63, 3.8) is 0 Å². The fraction of sp³-hybridized carbons (Fsp3) is 0.381. The van der Waals surface area contributed by atoms with E-state index in [0.717, 1.165) is 38.3 Å². The Kier molecular flexibility index (Phi) is 6.20. The first-order valence-corrected chi connectivity index (χ1v) is 8.93. The number of nitrogens with zero attached hydrogens (tertiary/aromatic N) is 2. The lowest BCUT2D eigenvalue weighted by Gasteiger charge is -2.34. The minimum Gasteiger partial charge on any atom is -0.377 e. The van der Waals surface area contributed by atoms with Gasteiger partial charge in [0.05, 0.1) is 13.2 Å². The number of hydrogen-bond donors (Lipinski definition) is 0. The molecule has 132 valence electrons. The summed E-state index contributed by atoms with van der Waals surface area (Å²) in [5.41, 5.74) is 3.41. The van der Waals surface area contributed by atoms with Crippen LogP contribution in [-0.2, 0) is 16.1 Å². The van der Waals surface area contributed by atoms with Crippen LogP contribution in [0.1, 0.15) is 17.5 Å². The van der Waals surface area contributed by atoms with E-state index in [9.17, 15) is 4.79 Å². The fourth-order valence-electron chi connectivity index (χ4n) is 3.06. The highest BCUT2D eigenvalue weighted by molar-refractivity contribution is 5.95. The number of aryl methyl sites for hydroxylation is 1. The molecule has 3 rings (SSSR count). The van der Waals surface area contributed by atoms with Gasteiger partial charge in [0.25, 0.3) is 0 Å². The van der Waals surface area contributed by atoms with Gasteiger partial charge in [0, 0.05) is 31.9 Å². The van der Waals surface area contributed by atoms with Gasteiger partial charge in [0.1, 0.15) is 0 Å². The number of amides is 1. The second-order valence-corrected chi connectivity index (χ2v) is 6.55. The summed E-state index contributed by atoms with van der Waals surface area (Å²) in [5, 5.41) is 0. The van der Waals surface area contributed by atoms with E-state index in [0.29, 0.717) is 13.2 Å². The lowest BCUT2D eigenvalue weighted by atomic mass is 10.2. The first kappa shape index (κ1) is 17.6. The normalized spacial score (nSPS) is 15.6. The van der Waals surface area contributed by atoms with Gasteiger partial charge in [-0.2, -0.15) is 0 Å². The highest BCUT2D eigenvalue weighted by atomic mass is 16.5. The van der Waals surface area contributed by atoms with Crippen molar-refractivity contribution in [2.45, 2.75) is 20.0 Å². The fourth-order valence-corrected chi connectivity index (χ4v) is 3.06. The summed E-state index contributed by atoms with van der Waals surface area (Å²) in [5.74, 6) is 0.181. The second-order valence-electron chi connectivity index (χ2n) is 6.55. The van der Waals surface area contributed by atoms with Crippen LogP contribution in [0.5, 0.6) is 0 Å². The molecule has 0 atom stereocenters. The van der Waals surface area contributed by atoms with E-state index in [1.807, 2.05) is 35.2 Å². The van der Waals surface area contributed by atoms with Gasteiger partial charge >= 0.3 is 0 Å². The van der Waals surface area contributed by atoms with Crippen LogP contribution >= 0.6 is 0 Å². The molecule has 1 aliphatic heterocycles. The summed E-state index contributed by atoms with van der Waals surface area (Å²) in [7, 11) is 0. The maximum Gasteiger partial charge on any atom is 0.241 e. The molecule has 1 aliphatic rings. The quantitative estimate of drug-likeness (QED) is 0.727. The summed E-state index contributed by atoms with van der Waals surface area (Å²) in [6, 6.07) is 18.4. The Balaban J connectivity index is 1.37. The third-order valence-corrected chi connectivity index (χ3v) is 4.52. The first-order valence-electron chi connectivity index (χ1n) is 8.93. The molecule has 2 aromatic rings. The monoisotopic (exact) mass is 338 g/mol. The third-order valence-electron chi connectivity index (χ3n) is 4.52. The zero-order chi connectivity index (χ0) is 17.5. The topological polar surface area (TPSA) is 32.8 Å². The summed E-state index contributed by atoms with van der Waals surface area (Å²) in [4.78, 5) is 16.5. The van der Waals surface area contributed by atoms with Crippen molar-refractivity contribution in [2.24, 2.45) is 0 Å². The molecule has 0 N–H and O–H groups in total. The number of rotatable bonds is 7. The second kappa shape index (κ2) is 8.79. The van der Waals surface area contributed by atoms with Crippen molar-refractivity contribution in [1.29, 1.82) is 0 Å². The van der Waals surface area contributed by atoms with E-state index in [1.54, 1.807) is 0 Å². The molecule has 4 nitrogen and oxygen atoms in total. The average Bonchev–Trinajstić information content (AvgIpc) is 2.63. The van der Waals surface area contributed by atoms with Gasteiger partial charge in [0.2, 0.25) is 5.91 Å². The van der Waals surface area contributed by atoms with Crippen LogP contribution in [0.25, 0.3) is 0 Å². The van der Waals surface area contributed by atoms with Crippen molar-refractivity contribution in [3.05, 3.63) is 65.7 Å². The average molecular weight is 338 g/mol. The molecule has 0 aromatic heterocycles. The first-order chi connectivity index (χ1) is 12.2. The Morgan fingerprint density at radius 3 is 2.48 bits per heavy atom. The number of ether oxygens (including phenoxy) is 1. The van der Waals surface area contributed by atoms with E-state index in [-0.39, 0.29) is 5.91 Å². The standard InChI is InChI=1S/C21H26N2O2/c1-18-8-10-20(11-9-18)23-14-13-22(16-21(23)24)12-5-15-25-17-19-6-3-2-4-7-19/h2-4,6-11H,5,12-17H2,1H3. The lowest BCUT2D eigenvalue weighted by molar-refractivity contribution is -0.121. The van der Waals surface area contributed by atoms with E-state index in [1.165, 1.54) is 11.1 Å². The number of piperazine rings is 1. The van der Waals surface area contributed by atoms with E-state index in [4.69, 9.17) is 4.74 Å². The van der Waals surface area contributed by atoms with Gasteiger partial charge < -0.3 is 9.64 Å². The molecule has 25 heavy (non-hydrogen) atoms. The number of hydrogen-bond acceptors (Lipinski definition) is 3. The minimum atomic E-state index is 0.181. The summed E-state index contributed by atoms with van der Waals surface area (Å²) in [6.45, 7) is 6.51. The minimum absolute atomic E-state index is 0.181. The highest BCUT2D eigenvalue weighted by Crippen LogP contribution is 2.18. The van der Waals surface area contributed by atoms with Crippen LogP contribution in [0.3, 0.4) is 0 Å². The van der Waals surface area contributed by atoms with Crippen molar-refractivity contribution in [3.8, 4) is 0 Å². The predicted octanol–water partition coefficient (Wildman–Crippen LogP) is 3.25. The van der Waals surface area contributed by atoms with E-state index < -0.39 is 0 Å². The van der Waals surface area contributed by atoms with Gasteiger partial charge in [0.15, 0.2) is 0 Å². The van der Waals surface area contributed by atoms with Crippen LogP contribution < -0.4 is 4.90 Å². The Bertz CT molecular complexity index is 670. The molecule has 1 heterocycles. The molecule has 0 bridgehead atoms. The lowest BCUT2D eigenvalue weighted by Crippen LogP contribution is -2.50. The van der Waals surface area contributed by atoms with Crippen molar-refractivity contribution >= 4 is 11.6 Å². The Morgan fingerprint density at radius 1 is 1.00 bits per heavy atom. The summed E-state index contributed by atoms with van der Waals surface area (Å²) >= 11 is 0. The molecule has 1 amide bonds. The van der Waals surface area contributed by atoms with Gasteiger partial charge in [-0.3, -0.25) is 9.69 Å². The molecule has 0 unspecified atom stereocenters. The molecule has 4 heteroatoms. The van der Waals surface area contributed by atoms with Crippen LogP contribution in [-0.4, -0.2) is 43.6 Å². The smallest absolute Gasteiger partial charge is 0.241 e. The Hall–Kier alpha value is -2.17. The van der Waals surface area contributed by atoms with Gasteiger partial charge in [-0.25, -0.2) is 0 Å². The number of carbonyl (C=O) groups excluding carboxylic acids is 1. The van der Waals surface area contributed by atoms with Crippen LogP contribution in [0.15, 0.2) is 54.6 Å². The third kappa shape index (κ3) is 5.15. The zero-order valence-corrected chi connectivity index (χ0v) is 14.9. The molecule has 1 fully saturated rings. The van der Waals surface area contributed by atoms with E-state index in [2.05, 4.69) is 36.1 Å². The molecule has 1 saturated heterocycles. The van der Waals surface area contributed by atoms with Crippen LogP contribution in [0, 0.1) is 6.92 Å². The molecule has 0 saturated carbocycles. The molecular weight excluding hydrogens is 312 g/mol.